The molecule has 1 fully saturated rings. The van der Waals surface area contributed by atoms with Gasteiger partial charge in [-0.3, -0.25) is 10.1 Å². The Morgan fingerprint density at radius 2 is 1.61 bits per heavy atom. The Kier molecular flexibility index (Phi) is 14.1. The molecule has 1 aromatic rings. The number of primary amides is 1. The van der Waals surface area contributed by atoms with E-state index in [0.717, 1.165) is 12.2 Å². The largest absolute Gasteiger partial charge is 0.472 e. The Bertz CT molecular complexity index is 564. The van der Waals surface area contributed by atoms with Crippen LogP contribution in [0, 0.1) is 0 Å². The third-order valence-electron chi connectivity index (χ3n) is 6.61. The summed E-state index contributed by atoms with van der Waals surface area (Å²) in [5.74, 6) is 1.05. The summed E-state index contributed by atoms with van der Waals surface area (Å²) in [7, 11) is 0. The topological polar surface area (TPSA) is 68.3 Å². The minimum atomic E-state index is -0.234. The number of furan rings is 1. The molecule has 3 N–H and O–H groups in total. The van der Waals surface area contributed by atoms with Crippen molar-refractivity contribution in [2.45, 2.75) is 127 Å². The van der Waals surface area contributed by atoms with E-state index in [1.807, 2.05) is 18.0 Å². The zero-order valence-electron chi connectivity index (χ0n) is 19.8. The van der Waals surface area contributed by atoms with Gasteiger partial charge in [0.2, 0.25) is 5.91 Å². The second-order valence-corrected chi connectivity index (χ2v) is 10.6. The fourth-order valence-corrected chi connectivity index (χ4v) is 5.92. The average molecular weight is 451 g/mol. The number of hydrogen-bond donors (Lipinski definition) is 2. The minimum absolute atomic E-state index is 0.180. The maximum atomic E-state index is 11.4. The van der Waals surface area contributed by atoms with Gasteiger partial charge in [0, 0.05) is 5.75 Å². The van der Waals surface area contributed by atoms with Crippen LogP contribution in [-0.2, 0) is 4.79 Å². The first-order chi connectivity index (χ1) is 15.2. The van der Waals surface area contributed by atoms with Crippen LogP contribution in [-0.4, -0.2) is 23.1 Å². The maximum absolute atomic E-state index is 11.4. The van der Waals surface area contributed by atoms with Gasteiger partial charge in [-0.1, -0.05) is 96.8 Å². The second-order valence-electron chi connectivity index (χ2n) is 9.32. The van der Waals surface area contributed by atoms with Gasteiger partial charge in [-0.2, -0.15) is 0 Å². The molecule has 1 amide bonds. The zero-order valence-corrected chi connectivity index (χ0v) is 20.6. The average Bonchev–Trinajstić information content (AvgIpc) is 3.45. The van der Waals surface area contributed by atoms with Crippen molar-refractivity contribution in [3.8, 4) is 0 Å². The van der Waals surface area contributed by atoms with E-state index < -0.39 is 0 Å². The first-order valence-corrected chi connectivity index (χ1v) is 13.9. The lowest BCUT2D eigenvalue weighted by atomic mass is 9.91. The number of nitrogens with two attached hydrogens (primary N) is 1. The molecular weight excluding hydrogens is 404 g/mol. The van der Waals surface area contributed by atoms with Crippen LogP contribution in [0.3, 0.4) is 0 Å². The van der Waals surface area contributed by atoms with Crippen LogP contribution >= 0.6 is 11.8 Å². The Morgan fingerprint density at radius 3 is 2.10 bits per heavy atom. The molecular formula is C26H46N2O2S. The molecule has 0 saturated carbocycles. The van der Waals surface area contributed by atoms with Gasteiger partial charge in [-0.05, 0) is 30.4 Å². The standard InChI is InChI=1S/C26H46N2O2S/c1-2-3-4-5-6-7-8-9-10-11-12-13-14-15-16-22(23-17-18-30-20-23)19-25-28-24(21-31-25)26(27)29/h17-18,20,22,24-25,28H,2-16,19,21H2,1H3,(H2,27,29). The van der Waals surface area contributed by atoms with Crippen molar-refractivity contribution in [1.29, 1.82) is 0 Å². The van der Waals surface area contributed by atoms with Gasteiger partial charge in [-0.25, -0.2) is 0 Å². The Morgan fingerprint density at radius 1 is 1.03 bits per heavy atom. The lowest BCUT2D eigenvalue weighted by Gasteiger charge is -2.20. The van der Waals surface area contributed by atoms with E-state index in [4.69, 9.17) is 10.2 Å². The van der Waals surface area contributed by atoms with Crippen LogP contribution in [0.15, 0.2) is 23.0 Å². The lowest BCUT2D eigenvalue weighted by Crippen LogP contribution is -2.41. The Hall–Kier alpha value is -0.940. The molecule has 5 heteroatoms. The highest BCUT2D eigenvalue weighted by molar-refractivity contribution is 8.00. The molecule has 1 aromatic heterocycles. The third-order valence-corrected chi connectivity index (χ3v) is 7.87. The first kappa shape index (κ1) is 26.3. The van der Waals surface area contributed by atoms with Crippen molar-refractivity contribution in [2.24, 2.45) is 5.73 Å². The first-order valence-electron chi connectivity index (χ1n) is 12.9. The normalized spacial score (nSPS) is 19.6. The van der Waals surface area contributed by atoms with Crippen LogP contribution in [0.25, 0.3) is 0 Å². The van der Waals surface area contributed by atoms with Crippen molar-refractivity contribution in [2.75, 3.05) is 5.75 Å². The fourth-order valence-electron chi connectivity index (χ4n) is 4.60. The van der Waals surface area contributed by atoms with Gasteiger partial charge in [-0.15, -0.1) is 11.8 Å². The maximum Gasteiger partial charge on any atom is 0.235 e. The quantitative estimate of drug-likeness (QED) is 0.220. The van der Waals surface area contributed by atoms with Crippen molar-refractivity contribution < 1.29 is 9.21 Å². The summed E-state index contributed by atoms with van der Waals surface area (Å²) in [6.45, 7) is 2.28. The van der Waals surface area contributed by atoms with E-state index >= 15 is 0 Å². The van der Waals surface area contributed by atoms with Crippen LogP contribution in [0.1, 0.15) is 121 Å². The van der Waals surface area contributed by atoms with E-state index in [2.05, 4.69) is 18.3 Å². The van der Waals surface area contributed by atoms with E-state index in [0.29, 0.717) is 11.3 Å². The molecule has 1 saturated heterocycles. The van der Waals surface area contributed by atoms with Crippen molar-refractivity contribution in [3.05, 3.63) is 24.2 Å². The molecule has 3 atom stereocenters. The summed E-state index contributed by atoms with van der Waals surface area (Å²) in [6, 6.07) is 1.92. The number of hydrogen-bond acceptors (Lipinski definition) is 4. The molecule has 3 unspecified atom stereocenters. The predicted molar refractivity (Wildman–Crippen MR) is 133 cm³/mol. The SMILES string of the molecule is CCCCCCCCCCCCCCCCC(CC1NC(C(N)=O)CS1)c1ccoc1. The van der Waals surface area contributed by atoms with Gasteiger partial charge in [0.1, 0.15) is 0 Å². The molecule has 0 radical (unpaired) electrons. The van der Waals surface area contributed by atoms with Gasteiger partial charge < -0.3 is 10.2 Å². The van der Waals surface area contributed by atoms with Crippen molar-refractivity contribution in [1.82, 2.24) is 5.32 Å². The molecule has 2 rings (SSSR count). The van der Waals surface area contributed by atoms with Crippen LogP contribution < -0.4 is 11.1 Å². The second kappa shape index (κ2) is 16.7. The van der Waals surface area contributed by atoms with Gasteiger partial charge in [0.05, 0.1) is 23.9 Å². The van der Waals surface area contributed by atoms with Gasteiger partial charge in [0.15, 0.2) is 0 Å². The number of unbranched alkanes of at least 4 members (excludes halogenated alkanes) is 13. The van der Waals surface area contributed by atoms with Crippen molar-refractivity contribution >= 4 is 17.7 Å². The Labute approximate surface area is 194 Å². The van der Waals surface area contributed by atoms with Crippen LogP contribution in [0.4, 0.5) is 0 Å². The number of carbonyl (C=O) groups is 1. The number of nitrogens with one attached hydrogen (secondary N) is 1. The third kappa shape index (κ3) is 11.5. The molecule has 31 heavy (non-hydrogen) atoms. The smallest absolute Gasteiger partial charge is 0.235 e. The van der Waals surface area contributed by atoms with E-state index in [1.54, 1.807) is 6.26 Å². The number of amides is 1. The Balaban J connectivity index is 1.49. The summed E-state index contributed by atoms with van der Waals surface area (Å²) < 4.78 is 5.34. The molecule has 178 valence electrons. The summed E-state index contributed by atoms with van der Waals surface area (Å²) in [6.07, 6.45) is 25.4. The van der Waals surface area contributed by atoms with Crippen molar-refractivity contribution in [3.63, 3.8) is 0 Å². The summed E-state index contributed by atoms with van der Waals surface area (Å²) in [5.41, 5.74) is 6.74. The molecule has 0 aliphatic carbocycles. The molecule has 2 heterocycles. The molecule has 4 nitrogen and oxygen atoms in total. The molecule has 0 aromatic carbocycles. The highest BCUT2D eigenvalue weighted by Crippen LogP contribution is 2.33. The summed E-state index contributed by atoms with van der Waals surface area (Å²) in [5, 5.41) is 3.70. The van der Waals surface area contributed by atoms with E-state index in [1.165, 1.54) is 102 Å². The zero-order chi connectivity index (χ0) is 22.2. The van der Waals surface area contributed by atoms with Gasteiger partial charge in [0.25, 0.3) is 0 Å². The van der Waals surface area contributed by atoms with E-state index in [-0.39, 0.29) is 11.9 Å². The monoisotopic (exact) mass is 450 g/mol. The predicted octanol–water partition coefficient (Wildman–Crippen LogP) is 7.14. The van der Waals surface area contributed by atoms with Crippen LogP contribution in [0.2, 0.25) is 0 Å². The summed E-state index contributed by atoms with van der Waals surface area (Å²) in [4.78, 5) is 11.4. The highest BCUT2D eigenvalue weighted by Gasteiger charge is 2.30. The summed E-state index contributed by atoms with van der Waals surface area (Å²) >= 11 is 1.82. The molecule has 1 aliphatic heterocycles. The molecule has 0 spiro atoms. The fraction of sp³-hybridized carbons (Fsp3) is 0.808. The highest BCUT2D eigenvalue weighted by atomic mass is 32.2. The molecule has 0 bridgehead atoms. The van der Waals surface area contributed by atoms with E-state index in [9.17, 15) is 4.79 Å². The van der Waals surface area contributed by atoms with Gasteiger partial charge >= 0.3 is 0 Å². The number of carbonyl (C=O) groups excluding carboxylic acids is 1. The number of rotatable bonds is 19. The van der Waals surface area contributed by atoms with Crippen LogP contribution in [0.5, 0.6) is 0 Å². The molecule has 1 aliphatic rings. The lowest BCUT2D eigenvalue weighted by molar-refractivity contribution is -0.119. The minimum Gasteiger partial charge on any atom is -0.472 e. The number of thioether (sulfide) groups is 1.